The van der Waals surface area contributed by atoms with Crippen molar-refractivity contribution in [1.29, 1.82) is 0 Å². The van der Waals surface area contributed by atoms with Crippen LogP contribution in [-0.4, -0.2) is 16.8 Å². The van der Waals surface area contributed by atoms with E-state index in [2.05, 4.69) is 57.5 Å². The molecule has 0 radical (unpaired) electrons. The van der Waals surface area contributed by atoms with Crippen molar-refractivity contribution in [2.75, 3.05) is 7.05 Å². The van der Waals surface area contributed by atoms with Crippen LogP contribution in [0, 0.1) is 6.92 Å². The maximum Gasteiger partial charge on any atom is 0.0492 e. The molecule has 0 saturated carbocycles. The number of aromatic nitrogens is 2. The number of hydrogen-bond acceptors (Lipinski definition) is 2. The van der Waals surface area contributed by atoms with Gasteiger partial charge in [-0.3, -0.25) is 4.68 Å². The highest BCUT2D eigenvalue weighted by Crippen LogP contribution is 2.27. The summed E-state index contributed by atoms with van der Waals surface area (Å²) >= 11 is 3.65. The van der Waals surface area contributed by atoms with E-state index in [0.29, 0.717) is 6.04 Å². The Kier molecular flexibility index (Phi) is 4.77. The largest absolute Gasteiger partial charge is 0.313 e. The fourth-order valence-electron chi connectivity index (χ4n) is 2.32. The minimum absolute atomic E-state index is 0.351. The number of halogens is 1. The molecule has 0 aliphatic heterocycles. The minimum Gasteiger partial charge on any atom is -0.313 e. The zero-order valence-corrected chi connectivity index (χ0v) is 13.2. The number of aryl methyl sites for hydroxylation is 3. The van der Waals surface area contributed by atoms with Crippen molar-refractivity contribution in [3.05, 3.63) is 51.8 Å². The number of benzene rings is 1. The van der Waals surface area contributed by atoms with Gasteiger partial charge in [-0.05, 0) is 44.5 Å². The van der Waals surface area contributed by atoms with E-state index >= 15 is 0 Å². The van der Waals surface area contributed by atoms with Gasteiger partial charge < -0.3 is 5.32 Å². The second kappa shape index (κ2) is 6.35. The van der Waals surface area contributed by atoms with Gasteiger partial charge in [-0.2, -0.15) is 5.10 Å². The molecule has 1 atom stereocenters. The van der Waals surface area contributed by atoms with Gasteiger partial charge in [0, 0.05) is 29.5 Å². The molecule has 1 aromatic carbocycles. The standard InChI is InChI=1S/C15H20BrN3/c1-11-4-6-14(16)13(10-11)15(17-2)7-5-12-8-9-18-19(12)3/h4,6,8-10,15,17H,5,7H2,1-3H3. The third kappa shape index (κ3) is 3.45. The molecule has 0 aliphatic carbocycles. The van der Waals surface area contributed by atoms with Crippen LogP contribution in [0.5, 0.6) is 0 Å². The molecule has 0 fully saturated rings. The average molecular weight is 322 g/mol. The van der Waals surface area contributed by atoms with Crippen LogP contribution in [0.15, 0.2) is 34.9 Å². The molecule has 2 aromatic rings. The van der Waals surface area contributed by atoms with E-state index < -0.39 is 0 Å². The van der Waals surface area contributed by atoms with Gasteiger partial charge in [0.15, 0.2) is 0 Å². The molecule has 4 heteroatoms. The van der Waals surface area contributed by atoms with E-state index in [9.17, 15) is 0 Å². The van der Waals surface area contributed by atoms with Crippen molar-refractivity contribution in [3.8, 4) is 0 Å². The Balaban J connectivity index is 2.12. The molecule has 0 spiro atoms. The van der Waals surface area contributed by atoms with E-state index in [0.717, 1.165) is 12.8 Å². The van der Waals surface area contributed by atoms with Gasteiger partial charge in [0.05, 0.1) is 0 Å². The summed E-state index contributed by atoms with van der Waals surface area (Å²) in [6, 6.07) is 8.93. The van der Waals surface area contributed by atoms with E-state index in [1.54, 1.807) is 0 Å². The Morgan fingerprint density at radius 3 is 2.79 bits per heavy atom. The van der Waals surface area contributed by atoms with Gasteiger partial charge >= 0.3 is 0 Å². The molecule has 1 N–H and O–H groups in total. The Morgan fingerprint density at radius 1 is 1.37 bits per heavy atom. The van der Waals surface area contributed by atoms with E-state index in [1.807, 2.05) is 25.0 Å². The Morgan fingerprint density at radius 2 is 2.16 bits per heavy atom. The van der Waals surface area contributed by atoms with Crippen LogP contribution in [0.4, 0.5) is 0 Å². The van der Waals surface area contributed by atoms with Gasteiger partial charge in [-0.25, -0.2) is 0 Å². The maximum atomic E-state index is 4.21. The number of nitrogens with one attached hydrogen (secondary N) is 1. The van der Waals surface area contributed by atoms with Crippen molar-refractivity contribution < 1.29 is 0 Å². The first kappa shape index (κ1) is 14.3. The Labute approximate surface area is 123 Å². The highest BCUT2D eigenvalue weighted by atomic mass is 79.9. The molecule has 1 aromatic heterocycles. The van der Waals surface area contributed by atoms with Crippen LogP contribution >= 0.6 is 15.9 Å². The second-order valence-electron chi connectivity index (χ2n) is 4.85. The Bertz CT molecular complexity index is 548. The van der Waals surface area contributed by atoms with Crippen molar-refractivity contribution in [1.82, 2.24) is 15.1 Å². The fourth-order valence-corrected chi connectivity index (χ4v) is 2.85. The third-order valence-electron chi connectivity index (χ3n) is 3.49. The predicted molar refractivity (Wildman–Crippen MR) is 82.2 cm³/mol. The summed E-state index contributed by atoms with van der Waals surface area (Å²) in [5.74, 6) is 0. The number of hydrogen-bond donors (Lipinski definition) is 1. The van der Waals surface area contributed by atoms with Gasteiger partial charge in [0.1, 0.15) is 0 Å². The molecule has 0 aliphatic rings. The van der Waals surface area contributed by atoms with E-state index in [-0.39, 0.29) is 0 Å². The summed E-state index contributed by atoms with van der Waals surface area (Å²) in [5, 5.41) is 7.62. The first-order chi connectivity index (χ1) is 9.11. The van der Waals surface area contributed by atoms with Gasteiger partial charge in [0.25, 0.3) is 0 Å². The lowest BCUT2D eigenvalue weighted by Gasteiger charge is -2.19. The van der Waals surface area contributed by atoms with Crippen molar-refractivity contribution >= 4 is 15.9 Å². The fraction of sp³-hybridized carbons (Fsp3) is 0.400. The molecule has 19 heavy (non-hydrogen) atoms. The molecule has 0 amide bonds. The molecule has 102 valence electrons. The van der Waals surface area contributed by atoms with Crippen LogP contribution in [0.1, 0.15) is 29.3 Å². The summed E-state index contributed by atoms with van der Waals surface area (Å²) in [5.41, 5.74) is 3.88. The first-order valence-corrected chi connectivity index (χ1v) is 7.31. The van der Waals surface area contributed by atoms with Gasteiger partial charge in [-0.15, -0.1) is 0 Å². The number of rotatable bonds is 5. The van der Waals surface area contributed by atoms with Crippen LogP contribution < -0.4 is 5.32 Å². The van der Waals surface area contributed by atoms with Gasteiger partial charge in [-0.1, -0.05) is 33.6 Å². The normalized spacial score (nSPS) is 12.6. The summed E-state index contributed by atoms with van der Waals surface area (Å²) in [4.78, 5) is 0. The highest BCUT2D eigenvalue weighted by molar-refractivity contribution is 9.10. The quantitative estimate of drug-likeness (QED) is 0.914. The van der Waals surface area contributed by atoms with Crippen LogP contribution in [0.2, 0.25) is 0 Å². The molecule has 2 rings (SSSR count). The minimum atomic E-state index is 0.351. The lowest BCUT2D eigenvalue weighted by Crippen LogP contribution is -2.18. The van der Waals surface area contributed by atoms with Crippen molar-refractivity contribution in [2.24, 2.45) is 7.05 Å². The molecule has 3 nitrogen and oxygen atoms in total. The highest BCUT2D eigenvalue weighted by Gasteiger charge is 2.13. The second-order valence-corrected chi connectivity index (χ2v) is 5.71. The zero-order valence-electron chi connectivity index (χ0n) is 11.7. The molecule has 0 bridgehead atoms. The van der Waals surface area contributed by atoms with Gasteiger partial charge in [0.2, 0.25) is 0 Å². The summed E-state index contributed by atoms with van der Waals surface area (Å²) in [6.45, 7) is 2.13. The molecule has 1 unspecified atom stereocenters. The zero-order chi connectivity index (χ0) is 13.8. The van der Waals surface area contributed by atoms with Crippen LogP contribution in [0.25, 0.3) is 0 Å². The predicted octanol–water partition coefficient (Wildman–Crippen LogP) is 3.38. The molecule has 0 saturated heterocycles. The molecular weight excluding hydrogens is 302 g/mol. The SMILES string of the molecule is CNC(CCc1ccnn1C)c1cc(C)ccc1Br. The van der Waals surface area contributed by atoms with Crippen LogP contribution in [-0.2, 0) is 13.5 Å². The van der Waals surface area contributed by atoms with Crippen molar-refractivity contribution in [2.45, 2.75) is 25.8 Å². The monoisotopic (exact) mass is 321 g/mol. The topological polar surface area (TPSA) is 29.9 Å². The summed E-state index contributed by atoms with van der Waals surface area (Å²) < 4.78 is 3.11. The average Bonchev–Trinajstić information content (AvgIpc) is 2.80. The smallest absolute Gasteiger partial charge is 0.0492 e. The maximum absolute atomic E-state index is 4.21. The summed E-state index contributed by atoms with van der Waals surface area (Å²) in [6.07, 6.45) is 3.92. The molecule has 1 heterocycles. The van der Waals surface area contributed by atoms with Crippen molar-refractivity contribution in [3.63, 3.8) is 0 Å². The third-order valence-corrected chi connectivity index (χ3v) is 4.21. The lowest BCUT2D eigenvalue weighted by atomic mass is 9.99. The first-order valence-electron chi connectivity index (χ1n) is 6.52. The van der Waals surface area contributed by atoms with E-state index in [1.165, 1.54) is 21.3 Å². The lowest BCUT2D eigenvalue weighted by molar-refractivity contribution is 0.534. The summed E-state index contributed by atoms with van der Waals surface area (Å²) in [7, 11) is 4.01. The van der Waals surface area contributed by atoms with E-state index in [4.69, 9.17) is 0 Å². The van der Waals surface area contributed by atoms with Crippen LogP contribution in [0.3, 0.4) is 0 Å². The number of nitrogens with zero attached hydrogens (tertiary/aromatic N) is 2. The molecular formula is C15H20BrN3. The Hall–Kier alpha value is -1.13.